The van der Waals surface area contributed by atoms with Gasteiger partial charge in [0.25, 0.3) is 0 Å². The Labute approximate surface area is 183 Å². The van der Waals surface area contributed by atoms with E-state index in [-0.39, 0.29) is 0 Å². The molecule has 2 fully saturated rings. The van der Waals surface area contributed by atoms with Crippen molar-refractivity contribution in [2.45, 2.75) is 103 Å². The van der Waals surface area contributed by atoms with Crippen LogP contribution in [0.25, 0.3) is 0 Å². The fourth-order valence-corrected chi connectivity index (χ4v) is 5.90. The minimum absolute atomic E-state index is 0.619. The van der Waals surface area contributed by atoms with E-state index < -0.39 is 5.83 Å². The molecule has 0 heterocycles. The Kier molecular flexibility index (Phi) is 9.44. The van der Waals surface area contributed by atoms with Crippen molar-refractivity contribution in [2.75, 3.05) is 0 Å². The lowest BCUT2D eigenvalue weighted by Crippen LogP contribution is -2.25. The number of benzene rings is 1. The number of unbranched alkanes of at least 4 members (excludes halogenated alkanes) is 2. The highest BCUT2D eigenvalue weighted by Crippen LogP contribution is 2.44. The van der Waals surface area contributed by atoms with Gasteiger partial charge in [0.05, 0.1) is 0 Å². The number of nitrogens with zero attached hydrogens (tertiary/aromatic N) is 1. The number of hydrogen-bond acceptors (Lipinski definition) is 1. The number of hydrogen-bond donors (Lipinski definition) is 0. The summed E-state index contributed by atoms with van der Waals surface area (Å²) < 4.78 is 12.9. The van der Waals surface area contributed by atoms with E-state index in [1.165, 1.54) is 88.7 Å². The van der Waals surface area contributed by atoms with Gasteiger partial charge in [-0.3, -0.25) is 0 Å². The normalized spacial score (nSPS) is 27.6. The number of aryl methyl sites for hydroxylation is 1. The monoisotopic (exact) mass is 409 g/mol. The van der Waals surface area contributed by atoms with E-state index in [0.29, 0.717) is 0 Å². The van der Waals surface area contributed by atoms with E-state index in [0.717, 1.165) is 36.5 Å². The second-order valence-electron chi connectivity index (χ2n) is 9.83. The molecule has 1 nitrogen and oxygen atoms in total. The third kappa shape index (κ3) is 6.97. The molecular weight excluding hydrogens is 369 g/mol. The van der Waals surface area contributed by atoms with Gasteiger partial charge in [-0.25, -0.2) is 0 Å². The van der Waals surface area contributed by atoms with Crippen LogP contribution in [0.3, 0.4) is 0 Å². The summed E-state index contributed by atoms with van der Waals surface area (Å²) in [5.74, 6) is 2.72. The zero-order valence-corrected chi connectivity index (χ0v) is 18.9. The van der Waals surface area contributed by atoms with Gasteiger partial charge < -0.3 is 0 Å². The molecule has 0 bridgehead atoms. The molecule has 1 aromatic carbocycles. The van der Waals surface area contributed by atoms with Crippen LogP contribution >= 0.6 is 0 Å². The first kappa shape index (κ1) is 23.1. The number of halogens is 1. The molecule has 0 saturated heterocycles. The van der Waals surface area contributed by atoms with Crippen LogP contribution in [-0.4, -0.2) is 0 Å². The standard InChI is InChI=1S/C28H40FN/c1-2-3-4-6-22-9-13-24(14-10-22)26-17-19-27(20-18-26)25-15-11-23(12-16-25)7-5-8-28(29)21-30/h8-10,13-14,23,25-27H,2-7,11-12,15-20H2,1H3/b28-8-/t23?,25?,26-,27-. The highest BCUT2D eigenvalue weighted by molar-refractivity contribution is 5.26. The van der Waals surface area contributed by atoms with Gasteiger partial charge in [0.1, 0.15) is 6.07 Å². The molecule has 0 atom stereocenters. The predicted octanol–water partition coefficient (Wildman–Crippen LogP) is 8.66. The molecule has 1 aromatic rings. The zero-order valence-electron chi connectivity index (χ0n) is 18.9. The highest BCUT2D eigenvalue weighted by atomic mass is 19.1. The van der Waals surface area contributed by atoms with Gasteiger partial charge in [0.2, 0.25) is 0 Å². The fraction of sp³-hybridized carbons (Fsp3) is 0.679. The molecule has 2 aliphatic rings. The Bertz CT molecular complexity index is 682. The summed E-state index contributed by atoms with van der Waals surface area (Å²) in [5, 5.41) is 8.50. The minimum atomic E-state index is -0.619. The molecule has 2 heteroatoms. The molecule has 164 valence electrons. The highest BCUT2D eigenvalue weighted by Gasteiger charge is 2.31. The molecule has 2 aliphatic carbocycles. The van der Waals surface area contributed by atoms with Crippen LogP contribution in [-0.2, 0) is 6.42 Å². The van der Waals surface area contributed by atoms with Crippen LogP contribution in [0.1, 0.15) is 107 Å². The van der Waals surface area contributed by atoms with Crippen molar-refractivity contribution in [3.8, 4) is 6.07 Å². The first-order valence-electron chi connectivity index (χ1n) is 12.5. The van der Waals surface area contributed by atoms with Gasteiger partial charge >= 0.3 is 0 Å². The van der Waals surface area contributed by atoms with Gasteiger partial charge in [0, 0.05) is 0 Å². The molecule has 0 spiro atoms. The molecule has 0 amide bonds. The third-order valence-electron chi connectivity index (χ3n) is 7.86. The van der Waals surface area contributed by atoms with Crippen LogP contribution in [0.2, 0.25) is 0 Å². The Balaban J connectivity index is 1.37. The summed E-state index contributed by atoms with van der Waals surface area (Å²) in [6.07, 6.45) is 19.2. The largest absolute Gasteiger partial charge is 0.196 e. The topological polar surface area (TPSA) is 23.8 Å². The maximum absolute atomic E-state index is 12.9. The summed E-state index contributed by atoms with van der Waals surface area (Å²) in [6, 6.07) is 11.1. The quantitative estimate of drug-likeness (QED) is 0.296. The second-order valence-corrected chi connectivity index (χ2v) is 9.83. The van der Waals surface area contributed by atoms with Gasteiger partial charge in [-0.2, -0.15) is 9.65 Å². The van der Waals surface area contributed by atoms with Gasteiger partial charge in [-0.15, -0.1) is 0 Å². The Morgan fingerprint density at radius 1 is 0.967 bits per heavy atom. The average molecular weight is 410 g/mol. The predicted molar refractivity (Wildman–Crippen MR) is 124 cm³/mol. The summed E-state index contributed by atoms with van der Waals surface area (Å²) in [4.78, 5) is 0. The van der Waals surface area contributed by atoms with E-state index in [4.69, 9.17) is 5.26 Å². The summed E-state index contributed by atoms with van der Waals surface area (Å²) in [5.41, 5.74) is 3.07. The number of nitriles is 1. The third-order valence-corrected chi connectivity index (χ3v) is 7.86. The molecule has 0 N–H and O–H groups in total. The van der Waals surface area contributed by atoms with Crippen molar-refractivity contribution < 1.29 is 4.39 Å². The SMILES string of the molecule is CCCCCc1ccc([C@H]2CC[C@H](C3CCC(CC/C=C(\F)C#N)CC3)CC2)cc1. The van der Waals surface area contributed by atoms with E-state index in [1.807, 2.05) is 0 Å². The lowest BCUT2D eigenvalue weighted by atomic mass is 9.68. The molecule has 3 rings (SSSR count). The van der Waals surface area contributed by atoms with Crippen molar-refractivity contribution in [3.05, 3.63) is 47.3 Å². The second kappa shape index (κ2) is 12.3. The Morgan fingerprint density at radius 2 is 1.60 bits per heavy atom. The molecule has 0 radical (unpaired) electrons. The van der Waals surface area contributed by atoms with E-state index in [1.54, 1.807) is 11.6 Å². The van der Waals surface area contributed by atoms with Crippen molar-refractivity contribution in [1.82, 2.24) is 0 Å². The van der Waals surface area contributed by atoms with Crippen molar-refractivity contribution in [3.63, 3.8) is 0 Å². The summed E-state index contributed by atoms with van der Waals surface area (Å²) in [7, 11) is 0. The van der Waals surface area contributed by atoms with Gasteiger partial charge in [-0.1, -0.05) is 56.9 Å². The van der Waals surface area contributed by atoms with E-state index >= 15 is 0 Å². The van der Waals surface area contributed by atoms with Crippen LogP contribution in [0, 0.1) is 29.1 Å². The first-order valence-corrected chi connectivity index (χ1v) is 12.5. The lowest BCUT2D eigenvalue weighted by molar-refractivity contribution is 0.157. The maximum atomic E-state index is 12.9. The first-order chi connectivity index (χ1) is 14.7. The number of allylic oxidation sites excluding steroid dienone is 2. The summed E-state index contributed by atoms with van der Waals surface area (Å²) >= 11 is 0. The molecule has 0 aromatic heterocycles. The molecule has 30 heavy (non-hydrogen) atoms. The molecule has 0 aliphatic heterocycles. The van der Waals surface area contributed by atoms with Crippen LogP contribution in [0.4, 0.5) is 4.39 Å². The van der Waals surface area contributed by atoms with Crippen LogP contribution < -0.4 is 0 Å². The average Bonchev–Trinajstić information content (AvgIpc) is 2.80. The van der Waals surface area contributed by atoms with Crippen molar-refractivity contribution >= 4 is 0 Å². The van der Waals surface area contributed by atoms with Crippen molar-refractivity contribution in [2.24, 2.45) is 17.8 Å². The van der Waals surface area contributed by atoms with Crippen LogP contribution in [0.5, 0.6) is 0 Å². The summed E-state index contributed by atoms with van der Waals surface area (Å²) in [6.45, 7) is 2.27. The van der Waals surface area contributed by atoms with Crippen molar-refractivity contribution in [1.29, 1.82) is 5.26 Å². The minimum Gasteiger partial charge on any atom is -0.195 e. The molecule has 2 saturated carbocycles. The maximum Gasteiger partial charge on any atom is 0.196 e. The molecule has 0 unspecified atom stereocenters. The lowest BCUT2D eigenvalue weighted by Gasteiger charge is -2.38. The van der Waals surface area contributed by atoms with E-state index in [2.05, 4.69) is 31.2 Å². The zero-order chi connectivity index (χ0) is 21.2. The Morgan fingerprint density at radius 3 is 2.20 bits per heavy atom. The van der Waals surface area contributed by atoms with Gasteiger partial charge in [-0.05, 0) is 105 Å². The Hall–Kier alpha value is -1.62. The number of rotatable bonds is 9. The molecular formula is C28H40FN. The van der Waals surface area contributed by atoms with E-state index in [9.17, 15) is 4.39 Å². The fourth-order valence-electron chi connectivity index (χ4n) is 5.90. The smallest absolute Gasteiger partial charge is 0.195 e. The van der Waals surface area contributed by atoms with Crippen LogP contribution in [0.15, 0.2) is 36.2 Å². The van der Waals surface area contributed by atoms with Gasteiger partial charge in [0.15, 0.2) is 5.83 Å².